The van der Waals surface area contributed by atoms with Gasteiger partial charge >= 0.3 is 0 Å². The smallest absolute Gasteiger partial charge is 0.272 e. The lowest BCUT2D eigenvalue weighted by Gasteiger charge is -2.36. The molecule has 4 rings (SSSR count). The van der Waals surface area contributed by atoms with Gasteiger partial charge in [0, 0.05) is 83.9 Å². The second kappa shape index (κ2) is 12.1. The highest BCUT2D eigenvalue weighted by molar-refractivity contribution is 5.96. The number of nitrogens with zero attached hydrogens (tertiary/aromatic N) is 6. The molecule has 2 aliphatic heterocycles. The molecule has 0 unspecified atom stereocenters. The minimum Gasteiger partial charge on any atom is -0.396 e. The number of piperazine rings is 2. The van der Waals surface area contributed by atoms with Gasteiger partial charge in [0.2, 0.25) is 0 Å². The van der Waals surface area contributed by atoms with E-state index < -0.39 is 0 Å². The summed E-state index contributed by atoms with van der Waals surface area (Å²) in [7, 11) is 0. The van der Waals surface area contributed by atoms with Crippen LogP contribution in [-0.4, -0.2) is 113 Å². The molecule has 0 spiro atoms. The highest BCUT2D eigenvalue weighted by Crippen LogP contribution is 2.25. The molecule has 4 heterocycles. The molecule has 0 saturated carbocycles. The van der Waals surface area contributed by atoms with E-state index in [9.17, 15) is 9.59 Å². The van der Waals surface area contributed by atoms with Crippen molar-refractivity contribution in [1.29, 1.82) is 0 Å². The van der Waals surface area contributed by atoms with E-state index in [0.717, 1.165) is 37.6 Å². The number of hydrogen-bond donors (Lipinski definition) is 2. The van der Waals surface area contributed by atoms with Gasteiger partial charge in [0.05, 0.1) is 11.3 Å². The Kier molecular flexibility index (Phi) is 8.71. The van der Waals surface area contributed by atoms with E-state index >= 15 is 0 Å². The van der Waals surface area contributed by atoms with Crippen LogP contribution in [0.2, 0.25) is 0 Å². The fourth-order valence-corrected chi connectivity index (χ4v) is 4.65. The van der Waals surface area contributed by atoms with Crippen molar-refractivity contribution in [1.82, 2.24) is 24.7 Å². The first-order chi connectivity index (χ1) is 17.5. The van der Waals surface area contributed by atoms with E-state index in [4.69, 9.17) is 5.11 Å². The number of rotatable bonds is 8. The van der Waals surface area contributed by atoms with E-state index in [-0.39, 0.29) is 18.4 Å². The third-order valence-corrected chi connectivity index (χ3v) is 6.62. The molecule has 10 heteroatoms. The summed E-state index contributed by atoms with van der Waals surface area (Å²) >= 11 is 0. The average molecular weight is 496 g/mol. The van der Waals surface area contributed by atoms with Crippen LogP contribution in [0.5, 0.6) is 0 Å². The molecule has 2 amide bonds. The van der Waals surface area contributed by atoms with Gasteiger partial charge in [-0.3, -0.25) is 19.5 Å². The summed E-state index contributed by atoms with van der Waals surface area (Å²) in [6, 6.07) is 7.62. The number of aliphatic hydroxyl groups is 1. The Morgan fingerprint density at radius 3 is 2.28 bits per heavy atom. The van der Waals surface area contributed by atoms with Crippen LogP contribution in [0.4, 0.5) is 11.5 Å². The predicted octanol–water partition coefficient (Wildman–Crippen LogP) is 1.40. The maximum Gasteiger partial charge on any atom is 0.272 e. The zero-order valence-corrected chi connectivity index (χ0v) is 21.3. The summed E-state index contributed by atoms with van der Waals surface area (Å²) in [6.45, 7) is 10.7. The number of amides is 2. The molecule has 0 radical (unpaired) electrons. The van der Waals surface area contributed by atoms with Crippen LogP contribution in [-0.2, 0) is 0 Å². The van der Waals surface area contributed by atoms with Crippen LogP contribution in [0.3, 0.4) is 0 Å². The summed E-state index contributed by atoms with van der Waals surface area (Å²) < 4.78 is 0. The number of anilines is 2. The summed E-state index contributed by atoms with van der Waals surface area (Å²) in [5, 5.41) is 12.4. The first kappa shape index (κ1) is 25.8. The van der Waals surface area contributed by atoms with E-state index in [1.165, 1.54) is 6.20 Å². The van der Waals surface area contributed by atoms with E-state index in [1.54, 1.807) is 18.3 Å². The van der Waals surface area contributed by atoms with Gasteiger partial charge in [0.25, 0.3) is 11.8 Å². The number of carbonyl (C=O) groups excluding carboxylic acids is 2. The number of pyridine rings is 2. The molecule has 0 aliphatic carbocycles. The predicted molar refractivity (Wildman–Crippen MR) is 139 cm³/mol. The SMILES string of the molecule is CC(C)Nc1cccnc1N1CCN(C(=O)c2ccc(C(=O)N3CCN(CCCO)CC3)cn2)CC1. The molecule has 2 N–H and O–H groups in total. The summed E-state index contributed by atoms with van der Waals surface area (Å²) in [6.07, 6.45) is 4.06. The lowest BCUT2D eigenvalue weighted by atomic mass is 10.2. The highest BCUT2D eigenvalue weighted by atomic mass is 16.3. The van der Waals surface area contributed by atoms with Gasteiger partial charge in [-0.05, 0) is 44.5 Å². The van der Waals surface area contributed by atoms with Gasteiger partial charge in [0.15, 0.2) is 5.82 Å². The molecule has 0 bridgehead atoms. The zero-order valence-electron chi connectivity index (χ0n) is 21.3. The van der Waals surface area contributed by atoms with Crippen molar-refractivity contribution in [3.05, 3.63) is 47.9 Å². The lowest BCUT2D eigenvalue weighted by molar-refractivity contribution is 0.0627. The number of nitrogens with one attached hydrogen (secondary N) is 1. The van der Waals surface area contributed by atoms with E-state index in [0.29, 0.717) is 56.6 Å². The standard InChI is InChI=1S/C26H37N7O3/c1-20(2)29-22-5-3-8-27-24(22)31-14-16-33(17-15-31)26(36)23-7-6-21(19-28-23)25(35)32-12-10-30(11-13-32)9-4-18-34/h3,5-8,19-20,29,34H,4,9-18H2,1-2H3. The van der Waals surface area contributed by atoms with Gasteiger partial charge < -0.3 is 25.1 Å². The van der Waals surface area contributed by atoms with Crippen LogP contribution < -0.4 is 10.2 Å². The van der Waals surface area contributed by atoms with Crippen molar-refractivity contribution in [3.8, 4) is 0 Å². The highest BCUT2D eigenvalue weighted by Gasteiger charge is 2.26. The monoisotopic (exact) mass is 495 g/mol. The van der Waals surface area contributed by atoms with Gasteiger partial charge in [-0.2, -0.15) is 0 Å². The topological polar surface area (TPSA) is 105 Å². The van der Waals surface area contributed by atoms with Crippen LogP contribution in [0.15, 0.2) is 36.7 Å². The van der Waals surface area contributed by atoms with Crippen LogP contribution in [0, 0.1) is 0 Å². The third kappa shape index (κ3) is 6.30. The zero-order chi connectivity index (χ0) is 25.5. The van der Waals surface area contributed by atoms with Gasteiger partial charge in [-0.25, -0.2) is 4.98 Å². The third-order valence-electron chi connectivity index (χ3n) is 6.62. The average Bonchev–Trinajstić information content (AvgIpc) is 2.91. The normalized spacial score (nSPS) is 16.9. The van der Waals surface area contributed by atoms with Crippen molar-refractivity contribution in [2.24, 2.45) is 0 Å². The molecule has 10 nitrogen and oxygen atoms in total. The first-order valence-electron chi connectivity index (χ1n) is 12.8. The van der Waals surface area contributed by atoms with Crippen molar-refractivity contribution in [2.45, 2.75) is 26.3 Å². The lowest BCUT2D eigenvalue weighted by Crippen LogP contribution is -2.49. The van der Waals surface area contributed by atoms with Gasteiger partial charge in [-0.15, -0.1) is 0 Å². The molecule has 36 heavy (non-hydrogen) atoms. The molecule has 2 saturated heterocycles. The minimum absolute atomic E-state index is 0.0573. The molecular formula is C26H37N7O3. The summed E-state index contributed by atoms with van der Waals surface area (Å²) in [5.74, 6) is 0.735. The second-order valence-corrected chi connectivity index (χ2v) is 9.60. The van der Waals surface area contributed by atoms with Gasteiger partial charge in [-0.1, -0.05) is 0 Å². The van der Waals surface area contributed by atoms with Gasteiger partial charge in [0.1, 0.15) is 5.69 Å². The van der Waals surface area contributed by atoms with Crippen molar-refractivity contribution in [2.75, 3.05) is 75.7 Å². The van der Waals surface area contributed by atoms with Crippen molar-refractivity contribution in [3.63, 3.8) is 0 Å². The Morgan fingerprint density at radius 1 is 0.944 bits per heavy atom. The number of carbonyl (C=O) groups is 2. The molecule has 0 atom stereocenters. The largest absolute Gasteiger partial charge is 0.396 e. The van der Waals surface area contributed by atoms with Crippen molar-refractivity contribution >= 4 is 23.3 Å². The second-order valence-electron chi connectivity index (χ2n) is 9.60. The maximum atomic E-state index is 13.1. The molecule has 2 fully saturated rings. The summed E-state index contributed by atoms with van der Waals surface area (Å²) in [4.78, 5) is 42.9. The Morgan fingerprint density at radius 2 is 1.64 bits per heavy atom. The minimum atomic E-state index is -0.118. The van der Waals surface area contributed by atoms with E-state index in [2.05, 4.69) is 38.9 Å². The fourth-order valence-electron chi connectivity index (χ4n) is 4.65. The van der Waals surface area contributed by atoms with E-state index in [1.807, 2.05) is 21.9 Å². The van der Waals surface area contributed by atoms with Crippen LogP contribution in [0.25, 0.3) is 0 Å². The number of aromatic nitrogens is 2. The van der Waals surface area contributed by atoms with Crippen LogP contribution >= 0.6 is 0 Å². The Labute approximate surface area is 212 Å². The number of hydrogen-bond acceptors (Lipinski definition) is 8. The Hall–Kier alpha value is -3.24. The molecule has 2 aliphatic rings. The van der Waals surface area contributed by atoms with Crippen LogP contribution in [0.1, 0.15) is 41.1 Å². The number of aliphatic hydroxyl groups excluding tert-OH is 1. The Bertz CT molecular complexity index is 1010. The molecular weight excluding hydrogens is 458 g/mol. The first-order valence-corrected chi connectivity index (χ1v) is 12.8. The molecule has 0 aromatic carbocycles. The van der Waals surface area contributed by atoms with Crippen molar-refractivity contribution < 1.29 is 14.7 Å². The molecule has 194 valence electrons. The summed E-state index contributed by atoms with van der Waals surface area (Å²) in [5.41, 5.74) is 1.86. The molecule has 2 aromatic heterocycles. The maximum absolute atomic E-state index is 13.1. The fraction of sp³-hybridized carbons (Fsp3) is 0.538. The quantitative estimate of drug-likeness (QED) is 0.566. The Balaban J connectivity index is 1.30. The molecule has 2 aromatic rings.